The molecule has 3 aliphatic rings. The van der Waals surface area contributed by atoms with Crippen LogP contribution in [0.3, 0.4) is 0 Å². The number of ether oxygens (including phenoxy) is 3. The minimum absolute atomic E-state index is 0. The molecule has 0 aromatic heterocycles. The summed E-state index contributed by atoms with van der Waals surface area (Å²) in [5, 5.41) is 3.27. The van der Waals surface area contributed by atoms with Crippen LogP contribution in [-0.2, 0) is 0 Å². The van der Waals surface area contributed by atoms with E-state index in [9.17, 15) is 4.79 Å². The molecule has 4 rings (SSSR count). The Balaban J connectivity index is 0.00000196. The summed E-state index contributed by atoms with van der Waals surface area (Å²) in [6.07, 6.45) is 5.56. The van der Waals surface area contributed by atoms with Crippen LogP contribution in [0, 0.1) is 11.8 Å². The van der Waals surface area contributed by atoms with Gasteiger partial charge >= 0.3 is 0 Å². The Kier molecular flexibility index (Phi) is 5.82. The highest BCUT2D eigenvalue weighted by atomic mass is 35.5. The Morgan fingerprint density at radius 2 is 1.88 bits per heavy atom. The van der Waals surface area contributed by atoms with Gasteiger partial charge in [-0.3, -0.25) is 4.79 Å². The van der Waals surface area contributed by atoms with Gasteiger partial charge in [0.2, 0.25) is 5.75 Å². The van der Waals surface area contributed by atoms with Crippen LogP contribution in [-0.4, -0.2) is 38.3 Å². The molecule has 0 saturated heterocycles. The standard InChI is InChI=1S/C19H26N2O4.ClH/c1-23-15-9-13(10-16-18(15)25-6-5-24-16)19(22)21-17-11-3-2-4-12(17)8-14(20)7-11;/h9-12,14,17H,2-8,20H2,1H3,(H,21,22);1H. The Bertz CT molecular complexity index is 638. The number of carbonyl (C=O) groups excluding carboxylic acids is 1. The van der Waals surface area contributed by atoms with Crippen molar-refractivity contribution in [3.63, 3.8) is 0 Å². The predicted octanol–water partition coefficient (Wildman–Crippen LogP) is 2.52. The van der Waals surface area contributed by atoms with E-state index in [-0.39, 0.29) is 30.4 Å². The molecule has 2 atom stereocenters. The van der Waals surface area contributed by atoms with Gasteiger partial charge in [0.1, 0.15) is 13.2 Å². The van der Waals surface area contributed by atoms with Crippen molar-refractivity contribution in [2.45, 2.75) is 44.2 Å². The number of fused-ring (bicyclic) bond motifs is 3. The lowest BCUT2D eigenvalue weighted by molar-refractivity contribution is 0.0754. The van der Waals surface area contributed by atoms with E-state index in [0.29, 0.717) is 47.9 Å². The number of hydrogen-bond donors (Lipinski definition) is 2. The minimum atomic E-state index is -0.0763. The zero-order valence-electron chi connectivity index (χ0n) is 15.0. The van der Waals surface area contributed by atoms with Gasteiger partial charge in [0, 0.05) is 17.6 Å². The van der Waals surface area contributed by atoms with E-state index in [4.69, 9.17) is 19.9 Å². The molecular formula is C19H27ClN2O4. The van der Waals surface area contributed by atoms with E-state index in [1.54, 1.807) is 19.2 Å². The first-order valence-electron chi connectivity index (χ1n) is 9.19. The van der Waals surface area contributed by atoms with Crippen LogP contribution in [0.2, 0.25) is 0 Å². The summed E-state index contributed by atoms with van der Waals surface area (Å²) in [5.74, 6) is 2.59. The molecule has 0 radical (unpaired) electrons. The second kappa shape index (κ2) is 7.92. The zero-order chi connectivity index (χ0) is 17.4. The molecule has 2 aliphatic carbocycles. The third-order valence-electron chi connectivity index (χ3n) is 5.76. The van der Waals surface area contributed by atoms with Crippen LogP contribution in [0.1, 0.15) is 42.5 Å². The van der Waals surface area contributed by atoms with Gasteiger partial charge in [0.25, 0.3) is 5.91 Å². The highest BCUT2D eigenvalue weighted by Crippen LogP contribution is 2.42. The van der Waals surface area contributed by atoms with E-state index >= 15 is 0 Å². The van der Waals surface area contributed by atoms with E-state index in [2.05, 4.69) is 5.32 Å². The molecule has 6 nitrogen and oxygen atoms in total. The topological polar surface area (TPSA) is 82.8 Å². The monoisotopic (exact) mass is 382 g/mol. The van der Waals surface area contributed by atoms with Gasteiger partial charge in [-0.25, -0.2) is 0 Å². The molecule has 7 heteroatoms. The Labute approximate surface area is 160 Å². The number of amides is 1. The fourth-order valence-electron chi connectivity index (χ4n) is 4.66. The van der Waals surface area contributed by atoms with Crippen molar-refractivity contribution in [2.24, 2.45) is 17.6 Å². The molecule has 26 heavy (non-hydrogen) atoms. The van der Waals surface area contributed by atoms with Crippen LogP contribution in [0.4, 0.5) is 0 Å². The highest BCUT2D eigenvalue weighted by Gasteiger charge is 2.40. The second-order valence-corrected chi connectivity index (χ2v) is 7.38. The zero-order valence-corrected chi connectivity index (χ0v) is 15.8. The third kappa shape index (κ3) is 3.58. The summed E-state index contributed by atoms with van der Waals surface area (Å²) >= 11 is 0. The van der Waals surface area contributed by atoms with Crippen molar-refractivity contribution in [3.05, 3.63) is 17.7 Å². The van der Waals surface area contributed by atoms with E-state index in [0.717, 1.165) is 25.7 Å². The number of halogens is 1. The normalized spacial score (nSPS) is 29.3. The van der Waals surface area contributed by atoms with Gasteiger partial charge in [0.05, 0.1) is 7.11 Å². The maximum Gasteiger partial charge on any atom is 0.251 e. The molecule has 2 unspecified atom stereocenters. The first-order chi connectivity index (χ1) is 12.2. The van der Waals surface area contributed by atoms with E-state index in [1.807, 2.05) is 0 Å². The third-order valence-corrected chi connectivity index (χ3v) is 5.76. The van der Waals surface area contributed by atoms with Crippen molar-refractivity contribution in [3.8, 4) is 17.2 Å². The predicted molar refractivity (Wildman–Crippen MR) is 101 cm³/mol. The molecule has 1 aromatic carbocycles. The van der Waals surface area contributed by atoms with Crippen molar-refractivity contribution >= 4 is 18.3 Å². The lowest BCUT2D eigenvalue weighted by atomic mass is 9.67. The van der Waals surface area contributed by atoms with E-state index < -0.39 is 0 Å². The molecular weight excluding hydrogens is 356 g/mol. The number of benzene rings is 1. The number of carbonyl (C=O) groups is 1. The second-order valence-electron chi connectivity index (χ2n) is 7.38. The minimum Gasteiger partial charge on any atom is -0.493 e. The van der Waals surface area contributed by atoms with Gasteiger partial charge in [0.15, 0.2) is 11.5 Å². The highest BCUT2D eigenvalue weighted by molar-refractivity contribution is 5.96. The van der Waals surface area contributed by atoms with Crippen LogP contribution in [0.25, 0.3) is 0 Å². The molecule has 1 amide bonds. The quantitative estimate of drug-likeness (QED) is 0.839. The lowest BCUT2D eigenvalue weighted by Crippen LogP contribution is -2.53. The van der Waals surface area contributed by atoms with Gasteiger partial charge in [-0.2, -0.15) is 0 Å². The summed E-state index contributed by atoms with van der Waals surface area (Å²) in [6.45, 7) is 0.965. The number of hydrogen-bond acceptors (Lipinski definition) is 5. The summed E-state index contributed by atoms with van der Waals surface area (Å²) in [4.78, 5) is 12.9. The Hall–Kier alpha value is -1.66. The van der Waals surface area contributed by atoms with Crippen LogP contribution in [0.5, 0.6) is 17.2 Å². The Morgan fingerprint density at radius 1 is 1.19 bits per heavy atom. The van der Waals surface area contributed by atoms with Gasteiger partial charge in [-0.05, 0) is 49.7 Å². The van der Waals surface area contributed by atoms with Gasteiger partial charge in [-0.15, -0.1) is 12.4 Å². The molecule has 1 heterocycles. The number of methoxy groups -OCH3 is 1. The first kappa shape index (κ1) is 19.1. The Morgan fingerprint density at radius 3 is 2.58 bits per heavy atom. The SMILES string of the molecule is COc1cc(C(=O)NC2C3CCCC2CC(N)C3)cc2c1OCCO2.Cl. The summed E-state index contributed by atoms with van der Waals surface area (Å²) in [5.41, 5.74) is 6.73. The molecule has 0 spiro atoms. The fourth-order valence-corrected chi connectivity index (χ4v) is 4.66. The van der Waals surface area contributed by atoms with Gasteiger partial charge < -0.3 is 25.3 Å². The molecule has 1 aromatic rings. The van der Waals surface area contributed by atoms with Gasteiger partial charge in [-0.1, -0.05) is 6.42 Å². The molecule has 2 saturated carbocycles. The molecule has 3 N–H and O–H groups in total. The average Bonchev–Trinajstić information content (AvgIpc) is 2.61. The largest absolute Gasteiger partial charge is 0.493 e. The van der Waals surface area contributed by atoms with Crippen molar-refractivity contribution in [1.29, 1.82) is 0 Å². The molecule has 2 fully saturated rings. The maximum absolute atomic E-state index is 12.9. The number of nitrogens with one attached hydrogen (secondary N) is 1. The summed E-state index contributed by atoms with van der Waals surface area (Å²) < 4.78 is 16.6. The molecule has 1 aliphatic heterocycles. The first-order valence-corrected chi connectivity index (χ1v) is 9.19. The van der Waals surface area contributed by atoms with Crippen molar-refractivity contribution in [2.75, 3.05) is 20.3 Å². The smallest absolute Gasteiger partial charge is 0.251 e. The van der Waals surface area contributed by atoms with E-state index in [1.165, 1.54) is 6.42 Å². The molecule has 2 bridgehead atoms. The van der Waals surface area contributed by atoms with Crippen molar-refractivity contribution < 1.29 is 19.0 Å². The lowest BCUT2D eigenvalue weighted by Gasteiger charge is -2.45. The fraction of sp³-hybridized carbons (Fsp3) is 0.632. The summed E-state index contributed by atoms with van der Waals surface area (Å²) in [6, 6.07) is 3.97. The number of rotatable bonds is 3. The number of nitrogens with two attached hydrogens (primary N) is 1. The van der Waals surface area contributed by atoms with Crippen molar-refractivity contribution in [1.82, 2.24) is 5.32 Å². The maximum atomic E-state index is 12.9. The summed E-state index contributed by atoms with van der Waals surface area (Å²) in [7, 11) is 1.57. The van der Waals surface area contributed by atoms with Crippen LogP contribution < -0.4 is 25.3 Å². The van der Waals surface area contributed by atoms with Crippen LogP contribution in [0.15, 0.2) is 12.1 Å². The average molecular weight is 383 g/mol. The van der Waals surface area contributed by atoms with Crippen LogP contribution >= 0.6 is 12.4 Å². The molecule has 144 valence electrons.